The first-order valence-corrected chi connectivity index (χ1v) is 8.13. The highest BCUT2D eigenvalue weighted by molar-refractivity contribution is 5.22. The molecule has 0 bridgehead atoms. The Hall–Kier alpha value is -1.55. The van der Waals surface area contributed by atoms with Crippen LogP contribution in [0.2, 0.25) is 0 Å². The van der Waals surface area contributed by atoms with E-state index in [9.17, 15) is 0 Å². The summed E-state index contributed by atoms with van der Waals surface area (Å²) in [7, 11) is 0. The van der Waals surface area contributed by atoms with Gasteiger partial charge in [0.15, 0.2) is 0 Å². The predicted octanol–water partition coefficient (Wildman–Crippen LogP) is 3.79. The smallest absolute Gasteiger partial charge is 0.108 e. The molecule has 4 nitrogen and oxygen atoms in total. The minimum atomic E-state index is -0.0339. The van der Waals surface area contributed by atoms with Crippen LogP contribution < -0.4 is 5.73 Å². The first kappa shape index (κ1) is 14.4. The van der Waals surface area contributed by atoms with Crippen LogP contribution in [0.15, 0.2) is 29.0 Å². The second kappa shape index (κ2) is 6.48. The summed E-state index contributed by atoms with van der Waals surface area (Å²) in [6.45, 7) is 2.09. The first-order chi connectivity index (χ1) is 10.3. The van der Waals surface area contributed by atoms with E-state index in [4.69, 9.17) is 15.2 Å². The Kier molecular flexibility index (Phi) is 4.44. The number of aryl methyl sites for hydroxylation is 1. The lowest BCUT2D eigenvalue weighted by atomic mass is 9.96. The zero-order chi connectivity index (χ0) is 14.7. The van der Waals surface area contributed by atoms with Crippen LogP contribution in [0.5, 0.6) is 0 Å². The molecule has 0 aromatic carbocycles. The maximum atomic E-state index is 6.33. The highest BCUT2D eigenvalue weighted by Gasteiger charge is 2.18. The fourth-order valence-corrected chi connectivity index (χ4v) is 3.34. The molecular formula is C17H25N3O. The van der Waals surface area contributed by atoms with Crippen LogP contribution in [0.4, 0.5) is 0 Å². The summed E-state index contributed by atoms with van der Waals surface area (Å²) in [5, 5.41) is 4.75. The van der Waals surface area contributed by atoms with E-state index >= 15 is 0 Å². The Morgan fingerprint density at radius 3 is 2.90 bits per heavy atom. The van der Waals surface area contributed by atoms with Gasteiger partial charge in [-0.3, -0.25) is 4.68 Å². The summed E-state index contributed by atoms with van der Waals surface area (Å²) < 4.78 is 7.62. The van der Waals surface area contributed by atoms with E-state index < -0.39 is 0 Å². The van der Waals surface area contributed by atoms with Crippen molar-refractivity contribution >= 4 is 0 Å². The summed E-state index contributed by atoms with van der Waals surface area (Å²) in [6, 6.07) is 4.65. The first-order valence-electron chi connectivity index (χ1n) is 8.13. The average molecular weight is 287 g/mol. The van der Waals surface area contributed by atoms with Crippen molar-refractivity contribution in [2.24, 2.45) is 5.73 Å². The zero-order valence-electron chi connectivity index (χ0n) is 12.8. The van der Waals surface area contributed by atoms with E-state index in [0.717, 1.165) is 29.9 Å². The molecule has 1 atom stereocenters. The second-order valence-electron chi connectivity index (χ2n) is 6.04. The van der Waals surface area contributed by atoms with Crippen molar-refractivity contribution < 1.29 is 4.42 Å². The number of nitrogens with two attached hydrogens (primary N) is 1. The fraction of sp³-hybridized carbons (Fsp3) is 0.588. The maximum Gasteiger partial charge on any atom is 0.108 e. The SMILES string of the molecule is CCc1occc1C(N)Cc1ccn(C2CCCCC2)n1. The number of hydrogen-bond donors (Lipinski definition) is 1. The van der Waals surface area contributed by atoms with Crippen LogP contribution in [-0.2, 0) is 12.8 Å². The van der Waals surface area contributed by atoms with E-state index in [1.54, 1.807) is 6.26 Å². The Balaban J connectivity index is 1.66. The maximum absolute atomic E-state index is 6.33. The molecule has 2 aromatic heterocycles. The van der Waals surface area contributed by atoms with Gasteiger partial charge in [-0.15, -0.1) is 0 Å². The Labute approximate surface area is 126 Å². The third-order valence-corrected chi connectivity index (χ3v) is 4.54. The number of nitrogens with zero attached hydrogens (tertiary/aromatic N) is 2. The molecule has 1 aliphatic carbocycles. The van der Waals surface area contributed by atoms with Crippen molar-refractivity contribution in [1.29, 1.82) is 0 Å². The molecule has 4 heteroatoms. The van der Waals surface area contributed by atoms with E-state index in [-0.39, 0.29) is 6.04 Å². The molecule has 1 saturated carbocycles. The van der Waals surface area contributed by atoms with Crippen molar-refractivity contribution in [2.75, 3.05) is 0 Å². The summed E-state index contributed by atoms with van der Waals surface area (Å²) in [4.78, 5) is 0. The number of aromatic nitrogens is 2. The van der Waals surface area contributed by atoms with Crippen LogP contribution in [0.25, 0.3) is 0 Å². The highest BCUT2D eigenvalue weighted by Crippen LogP contribution is 2.28. The predicted molar refractivity (Wildman–Crippen MR) is 83.1 cm³/mol. The molecule has 1 aliphatic rings. The van der Waals surface area contributed by atoms with Gasteiger partial charge in [-0.2, -0.15) is 5.10 Å². The molecule has 0 amide bonds. The molecule has 2 N–H and O–H groups in total. The van der Waals surface area contributed by atoms with Gasteiger partial charge in [-0.1, -0.05) is 26.2 Å². The summed E-state index contributed by atoms with van der Waals surface area (Å²) in [6.07, 6.45) is 12.0. The van der Waals surface area contributed by atoms with Crippen LogP contribution in [0, 0.1) is 0 Å². The van der Waals surface area contributed by atoms with Crippen molar-refractivity contribution in [2.45, 2.75) is 64.0 Å². The molecule has 0 aliphatic heterocycles. The summed E-state index contributed by atoms with van der Waals surface area (Å²) >= 11 is 0. The Morgan fingerprint density at radius 1 is 1.33 bits per heavy atom. The van der Waals surface area contributed by atoms with Crippen LogP contribution in [0.3, 0.4) is 0 Å². The van der Waals surface area contributed by atoms with Gasteiger partial charge < -0.3 is 10.2 Å². The normalized spacial score (nSPS) is 18.0. The molecule has 2 heterocycles. The minimum Gasteiger partial charge on any atom is -0.469 e. The van der Waals surface area contributed by atoms with E-state index in [2.05, 4.69) is 23.9 Å². The Morgan fingerprint density at radius 2 is 2.14 bits per heavy atom. The van der Waals surface area contributed by atoms with Crippen LogP contribution >= 0.6 is 0 Å². The third kappa shape index (κ3) is 3.21. The van der Waals surface area contributed by atoms with Gasteiger partial charge in [-0.05, 0) is 25.0 Å². The molecule has 0 spiro atoms. The fourth-order valence-electron chi connectivity index (χ4n) is 3.34. The van der Waals surface area contributed by atoms with Gasteiger partial charge in [-0.25, -0.2) is 0 Å². The van der Waals surface area contributed by atoms with E-state index in [0.29, 0.717) is 6.04 Å². The standard InChI is InChI=1S/C17H25N3O/c1-2-17-15(9-11-21-17)16(18)12-13-8-10-20(19-13)14-6-4-3-5-7-14/h8-11,14,16H,2-7,12,18H2,1H3. The largest absolute Gasteiger partial charge is 0.469 e. The van der Waals surface area contributed by atoms with Crippen molar-refractivity contribution in [3.05, 3.63) is 41.6 Å². The van der Waals surface area contributed by atoms with E-state index in [1.807, 2.05) is 6.07 Å². The lowest BCUT2D eigenvalue weighted by Crippen LogP contribution is -2.16. The topological polar surface area (TPSA) is 57.0 Å². The summed E-state index contributed by atoms with van der Waals surface area (Å²) in [5.41, 5.74) is 8.52. The number of rotatable bonds is 5. The van der Waals surface area contributed by atoms with Crippen LogP contribution in [-0.4, -0.2) is 9.78 Å². The molecular weight excluding hydrogens is 262 g/mol. The molecule has 0 radical (unpaired) electrons. The molecule has 21 heavy (non-hydrogen) atoms. The Bertz CT molecular complexity index is 566. The van der Waals surface area contributed by atoms with Gasteiger partial charge in [0.2, 0.25) is 0 Å². The van der Waals surface area contributed by atoms with Crippen molar-refractivity contribution in [3.8, 4) is 0 Å². The summed E-state index contributed by atoms with van der Waals surface area (Å²) in [5.74, 6) is 0.995. The number of hydrogen-bond acceptors (Lipinski definition) is 3. The molecule has 3 rings (SSSR count). The quantitative estimate of drug-likeness (QED) is 0.910. The van der Waals surface area contributed by atoms with E-state index in [1.165, 1.54) is 32.1 Å². The average Bonchev–Trinajstić information content (AvgIpc) is 3.16. The molecule has 2 aromatic rings. The van der Waals surface area contributed by atoms with Gasteiger partial charge in [0.25, 0.3) is 0 Å². The molecule has 1 unspecified atom stereocenters. The lowest BCUT2D eigenvalue weighted by Gasteiger charge is -2.21. The molecule has 1 fully saturated rings. The molecule has 0 saturated heterocycles. The lowest BCUT2D eigenvalue weighted by molar-refractivity contribution is 0.328. The van der Waals surface area contributed by atoms with Crippen molar-refractivity contribution in [1.82, 2.24) is 9.78 Å². The third-order valence-electron chi connectivity index (χ3n) is 4.54. The van der Waals surface area contributed by atoms with Crippen molar-refractivity contribution in [3.63, 3.8) is 0 Å². The zero-order valence-corrected chi connectivity index (χ0v) is 12.8. The molecule has 114 valence electrons. The highest BCUT2D eigenvalue weighted by atomic mass is 16.3. The van der Waals surface area contributed by atoms with Crippen LogP contribution in [0.1, 0.15) is 68.1 Å². The number of furan rings is 1. The van der Waals surface area contributed by atoms with Gasteiger partial charge in [0.05, 0.1) is 18.0 Å². The van der Waals surface area contributed by atoms with Gasteiger partial charge in [0, 0.05) is 30.6 Å². The second-order valence-corrected chi connectivity index (χ2v) is 6.04. The monoisotopic (exact) mass is 287 g/mol. The minimum absolute atomic E-state index is 0.0339. The van der Waals surface area contributed by atoms with Gasteiger partial charge >= 0.3 is 0 Å². The van der Waals surface area contributed by atoms with Gasteiger partial charge in [0.1, 0.15) is 5.76 Å².